The Morgan fingerprint density at radius 1 is 1.18 bits per heavy atom. The number of aliphatic hydroxyl groups is 1. The highest BCUT2D eigenvalue weighted by molar-refractivity contribution is 5.27. The Labute approximate surface area is 131 Å². The molecular weight excluding hydrogens is 276 g/mol. The lowest BCUT2D eigenvalue weighted by Crippen LogP contribution is -2.21. The van der Waals surface area contributed by atoms with E-state index in [-0.39, 0.29) is 0 Å². The van der Waals surface area contributed by atoms with Crippen LogP contribution in [0.15, 0.2) is 48.8 Å². The van der Waals surface area contributed by atoms with Gasteiger partial charge >= 0.3 is 0 Å². The molecule has 4 nitrogen and oxygen atoms in total. The smallest absolute Gasteiger partial charge is 0.119 e. The third-order valence-corrected chi connectivity index (χ3v) is 3.20. The molecule has 2 rings (SSSR count). The summed E-state index contributed by atoms with van der Waals surface area (Å²) < 4.78 is 5.49. The molecule has 0 aliphatic carbocycles. The van der Waals surface area contributed by atoms with Crippen LogP contribution in [0.1, 0.15) is 23.7 Å². The number of ether oxygens (including phenoxy) is 1. The SMILES string of the molecule is C#CCCOc1ccc(CNCC(O)c2ccncc2)cc1. The molecule has 2 N–H and O–H groups in total. The van der Waals surface area contributed by atoms with Gasteiger partial charge in [-0.1, -0.05) is 12.1 Å². The fraction of sp³-hybridized carbons (Fsp3) is 0.278. The van der Waals surface area contributed by atoms with Gasteiger partial charge in [0, 0.05) is 31.9 Å². The van der Waals surface area contributed by atoms with Crippen molar-refractivity contribution in [2.24, 2.45) is 0 Å². The monoisotopic (exact) mass is 296 g/mol. The van der Waals surface area contributed by atoms with E-state index in [1.807, 2.05) is 36.4 Å². The summed E-state index contributed by atoms with van der Waals surface area (Å²) >= 11 is 0. The van der Waals surface area contributed by atoms with Gasteiger partial charge in [-0.2, -0.15) is 0 Å². The van der Waals surface area contributed by atoms with Gasteiger partial charge in [0.1, 0.15) is 5.75 Å². The summed E-state index contributed by atoms with van der Waals surface area (Å²) in [5.74, 6) is 3.35. The Hall–Kier alpha value is -2.35. The summed E-state index contributed by atoms with van der Waals surface area (Å²) in [6.45, 7) is 1.71. The number of terminal acetylenes is 1. The molecule has 0 fully saturated rings. The molecule has 1 unspecified atom stereocenters. The molecule has 4 heteroatoms. The molecule has 1 heterocycles. The number of aromatic nitrogens is 1. The predicted molar refractivity (Wildman–Crippen MR) is 86.3 cm³/mol. The van der Waals surface area contributed by atoms with Crippen LogP contribution in [0.5, 0.6) is 5.75 Å². The molecule has 0 radical (unpaired) electrons. The fourth-order valence-electron chi connectivity index (χ4n) is 1.99. The van der Waals surface area contributed by atoms with Crippen LogP contribution in [-0.2, 0) is 6.54 Å². The molecule has 0 spiro atoms. The zero-order valence-corrected chi connectivity index (χ0v) is 12.4. The second kappa shape index (κ2) is 8.83. The number of benzene rings is 1. The largest absolute Gasteiger partial charge is 0.493 e. The molecule has 0 bridgehead atoms. The number of nitrogens with zero attached hydrogens (tertiary/aromatic N) is 1. The summed E-state index contributed by atoms with van der Waals surface area (Å²) in [5, 5.41) is 13.3. The molecule has 0 amide bonds. The Kier molecular flexibility index (Phi) is 6.43. The quantitative estimate of drug-likeness (QED) is 0.580. The molecule has 114 valence electrons. The van der Waals surface area contributed by atoms with Crippen LogP contribution < -0.4 is 10.1 Å². The van der Waals surface area contributed by atoms with E-state index in [0.29, 0.717) is 26.1 Å². The summed E-state index contributed by atoms with van der Waals surface area (Å²) in [6.07, 6.45) is 8.61. The number of hydrogen-bond acceptors (Lipinski definition) is 4. The van der Waals surface area contributed by atoms with E-state index in [1.54, 1.807) is 12.4 Å². The lowest BCUT2D eigenvalue weighted by Gasteiger charge is -2.12. The van der Waals surface area contributed by atoms with E-state index in [4.69, 9.17) is 11.2 Å². The summed E-state index contributed by atoms with van der Waals surface area (Å²) in [5.41, 5.74) is 1.99. The second-order valence-electron chi connectivity index (χ2n) is 4.87. The van der Waals surface area contributed by atoms with Crippen molar-refractivity contribution in [3.05, 3.63) is 59.9 Å². The number of hydrogen-bond donors (Lipinski definition) is 2. The molecule has 22 heavy (non-hydrogen) atoms. The van der Waals surface area contributed by atoms with Crippen LogP contribution in [0.25, 0.3) is 0 Å². The molecule has 0 saturated heterocycles. The lowest BCUT2D eigenvalue weighted by atomic mass is 10.1. The van der Waals surface area contributed by atoms with E-state index >= 15 is 0 Å². The normalized spacial score (nSPS) is 11.6. The van der Waals surface area contributed by atoms with Gasteiger partial charge in [-0.25, -0.2) is 0 Å². The van der Waals surface area contributed by atoms with Crippen molar-refractivity contribution < 1.29 is 9.84 Å². The average Bonchev–Trinajstić information content (AvgIpc) is 2.57. The van der Waals surface area contributed by atoms with Crippen LogP contribution in [0.4, 0.5) is 0 Å². The Balaban J connectivity index is 1.74. The minimum absolute atomic E-state index is 0.491. The second-order valence-corrected chi connectivity index (χ2v) is 4.87. The van der Waals surface area contributed by atoms with Crippen molar-refractivity contribution in [1.29, 1.82) is 0 Å². The van der Waals surface area contributed by atoms with Gasteiger partial charge in [-0.3, -0.25) is 4.98 Å². The van der Waals surface area contributed by atoms with E-state index in [9.17, 15) is 5.11 Å². The van der Waals surface area contributed by atoms with E-state index in [1.165, 1.54) is 0 Å². The highest BCUT2D eigenvalue weighted by Crippen LogP contribution is 2.13. The standard InChI is InChI=1S/C18H20N2O2/c1-2-3-12-22-17-6-4-15(5-7-17)13-20-14-18(21)16-8-10-19-11-9-16/h1,4-11,18,20-21H,3,12-14H2. The van der Waals surface area contributed by atoms with E-state index in [0.717, 1.165) is 16.9 Å². The molecular formula is C18H20N2O2. The number of rotatable bonds is 8. The first-order valence-corrected chi connectivity index (χ1v) is 7.23. The van der Waals surface area contributed by atoms with Crippen molar-refractivity contribution >= 4 is 0 Å². The Bertz CT molecular complexity index is 591. The van der Waals surface area contributed by atoms with Crippen LogP contribution in [-0.4, -0.2) is 23.2 Å². The first-order valence-electron chi connectivity index (χ1n) is 7.23. The van der Waals surface area contributed by atoms with Gasteiger partial charge in [0.2, 0.25) is 0 Å². The van der Waals surface area contributed by atoms with Crippen molar-refractivity contribution in [1.82, 2.24) is 10.3 Å². The zero-order chi connectivity index (χ0) is 15.6. The van der Waals surface area contributed by atoms with Crippen LogP contribution in [0, 0.1) is 12.3 Å². The molecule has 2 aromatic rings. The van der Waals surface area contributed by atoms with Crippen LogP contribution in [0.2, 0.25) is 0 Å². The maximum absolute atomic E-state index is 10.0. The summed E-state index contributed by atoms with van der Waals surface area (Å²) in [4.78, 5) is 3.94. The van der Waals surface area contributed by atoms with Gasteiger partial charge in [0.15, 0.2) is 0 Å². The van der Waals surface area contributed by atoms with Gasteiger partial charge in [-0.15, -0.1) is 12.3 Å². The first-order chi connectivity index (χ1) is 10.8. The molecule has 0 aliphatic rings. The van der Waals surface area contributed by atoms with Crippen molar-refractivity contribution in [3.63, 3.8) is 0 Å². The van der Waals surface area contributed by atoms with Gasteiger partial charge in [-0.05, 0) is 35.4 Å². The van der Waals surface area contributed by atoms with Gasteiger partial charge < -0.3 is 15.2 Å². The minimum Gasteiger partial charge on any atom is -0.493 e. The topological polar surface area (TPSA) is 54.4 Å². The minimum atomic E-state index is -0.533. The van der Waals surface area contributed by atoms with E-state index in [2.05, 4.69) is 16.2 Å². The molecule has 1 aromatic heterocycles. The Morgan fingerprint density at radius 3 is 2.59 bits per heavy atom. The maximum atomic E-state index is 10.0. The van der Waals surface area contributed by atoms with Crippen molar-refractivity contribution in [2.75, 3.05) is 13.2 Å². The first kappa shape index (κ1) is 16.0. The third-order valence-electron chi connectivity index (χ3n) is 3.20. The highest BCUT2D eigenvalue weighted by Gasteiger charge is 2.06. The average molecular weight is 296 g/mol. The predicted octanol–water partition coefficient (Wildman–Crippen LogP) is 2.31. The molecule has 0 saturated carbocycles. The summed E-state index contributed by atoms with van der Waals surface area (Å²) in [6, 6.07) is 11.5. The zero-order valence-electron chi connectivity index (χ0n) is 12.4. The van der Waals surface area contributed by atoms with E-state index < -0.39 is 6.10 Å². The fourth-order valence-corrected chi connectivity index (χ4v) is 1.99. The van der Waals surface area contributed by atoms with Gasteiger partial charge in [0.25, 0.3) is 0 Å². The maximum Gasteiger partial charge on any atom is 0.119 e. The third kappa shape index (κ3) is 5.21. The number of pyridine rings is 1. The highest BCUT2D eigenvalue weighted by atomic mass is 16.5. The van der Waals surface area contributed by atoms with Crippen LogP contribution >= 0.6 is 0 Å². The summed E-state index contributed by atoms with van der Waals surface area (Å²) in [7, 11) is 0. The van der Waals surface area contributed by atoms with Crippen molar-refractivity contribution in [2.45, 2.75) is 19.1 Å². The number of aliphatic hydroxyl groups excluding tert-OH is 1. The molecule has 1 aromatic carbocycles. The lowest BCUT2D eigenvalue weighted by molar-refractivity contribution is 0.174. The molecule has 1 atom stereocenters. The van der Waals surface area contributed by atoms with Crippen LogP contribution in [0.3, 0.4) is 0 Å². The Morgan fingerprint density at radius 2 is 1.91 bits per heavy atom. The number of nitrogens with one attached hydrogen (secondary N) is 1. The van der Waals surface area contributed by atoms with Crippen molar-refractivity contribution in [3.8, 4) is 18.1 Å². The van der Waals surface area contributed by atoms with Gasteiger partial charge in [0.05, 0.1) is 12.7 Å². The molecule has 0 aliphatic heterocycles.